The van der Waals surface area contributed by atoms with Gasteiger partial charge < -0.3 is 5.32 Å². The van der Waals surface area contributed by atoms with E-state index < -0.39 is 0 Å². The lowest BCUT2D eigenvalue weighted by Crippen LogP contribution is -2.22. The number of amides is 1. The summed E-state index contributed by atoms with van der Waals surface area (Å²) >= 11 is 0. The average Bonchev–Trinajstić information content (AvgIpc) is 3.46. The first-order valence-corrected chi connectivity index (χ1v) is 9.48. The molecule has 138 valence electrons. The molecule has 0 aromatic heterocycles. The summed E-state index contributed by atoms with van der Waals surface area (Å²) in [5.41, 5.74) is 5.80. The molecule has 0 aliphatic heterocycles. The number of nitrogens with one attached hydrogen (secondary N) is 1. The number of rotatable bonds is 4. The molecule has 3 aromatic rings. The first kappa shape index (κ1) is 18.0. The SMILES string of the molecule is Cc1cccc(C2(c3cccc(C)c3)C[C@@H]2C(=O)Nc2ccc(C#N)cc2)c1. The second kappa shape index (κ2) is 6.98. The maximum atomic E-state index is 13.1. The van der Waals surface area contributed by atoms with E-state index in [0.717, 1.165) is 12.1 Å². The first-order valence-electron chi connectivity index (χ1n) is 9.48. The molecule has 1 N–H and O–H groups in total. The van der Waals surface area contributed by atoms with Gasteiger partial charge in [0.15, 0.2) is 0 Å². The van der Waals surface area contributed by atoms with Crippen LogP contribution in [0, 0.1) is 31.1 Å². The van der Waals surface area contributed by atoms with Crippen molar-refractivity contribution >= 4 is 11.6 Å². The van der Waals surface area contributed by atoms with E-state index in [0.29, 0.717) is 5.56 Å². The number of carbonyl (C=O) groups excluding carboxylic acids is 1. The Balaban J connectivity index is 1.67. The highest BCUT2D eigenvalue weighted by atomic mass is 16.2. The van der Waals surface area contributed by atoms with Crippen LogP contribution >= 0.6 is 0 Å². The van der Waals surface area contributed by atoms with E-state index in [1.165, 1.54) is 22.3 Å². The molecule has 3 nitrogen and oxygen atoms in total. The quantitative estimate of drug-likeness (QED) is 0.697. The van der Waals surface area contributed by atoms with Crippen LogP contribution in [0.1, 0.15) is 34.2 Å². The molecule has 0 saturated heterocycles. The Morgan fingerprint density at radius 2 is 1.54 bits per heavy atom. The Hall–Kier alpha value is -3.38. The van der Waals surface area contributed by atoms with Crippen LogP contribution in [0.2, 0.25) is 0 Å². The summed E-state index contributed by atoms with van der Waals surface area (Å²) in [4.78, 5) is 13.1. The van der Waals surface area contributed by atoms with Gasteiger partial charge in [-0.2, -0.15) is 5.26 Å². The van der Waals surface area contributed by atoms with E-state index in [2.05, 4.69) is 73.8 Å². The molecule has 0 spiro atoms. The van der Waals surface area contributed by atoms with Gasteiger partial charge in [0.1, 0.15) is 0 Å². The van der Waals surface area contributed by atoms with E-state index in [1.807, 2.05) is 0 Å². The lowest BCUT2D eigenvalue weighted by molar-refractivity contribution is -0.117. The van der Waals surface area contributed by atoms with Crippen LogP contribution in [0.25, 0.3) is 0 Å². The minimum absolute atomic E-state index is 0.0210. The molecule has 1 fully saturated rings. The Bertz CT molecular complexity index is 1030. The predicted molar refractivity (Wildman–Crippen MR) is 111 cm³/mol. The molecule has 1 aliphatic carbocycles. The van der Waals surface area contributed by atoms with Crippen LogP contribution in [0.5, 0.6) is 0 Å². The number of hydrogen-bond acceptors (Lipinski definition) is 2. The number of nitriles is 1. The highest BCUT2D eigenvalue weighted by Gasteiger charge is 2.60. The van der Waals surface area contributed by atoms with Crippen LogP contribution < -0.4 is 5.32 Å². The van der Waals surface area contributed by atoms with Crippen molar-refractivity contribution in [2.75, 3.05) is 5.32 Å². The van der Waals surface area contributed by atoms with Crippen molar-refractivity contribution in [3.8, 4) is 6.07 Å². The Morgan fingerprint density at radius 3 is 2.04 bits per heavy atom. The van der Waals surface area contributed by atoms with E-state index in [1.54, 1.807) is 24.3 Å². The smallest absolute Gasteiger partial charge is 0.228 e. The number of anilines is 1. The van der Waals surface area contributed by atoms with Crippen molar-refractivity contribution in [1.82, 2.24) is 0 Å². The Labute approximate surface area is 165 Å². The van der Waals surface area contributed by atoms with E-state index in [-0.39, 0.29) is 17.2 Å². The van der Waals surface area contributed by atoms with Crippen molar-refractivity contribution in [2.24, 2.45) is 5.92 Å². The fourth-order valence-electron chi connectivity index (χ4n) is 4.09. The number of hydrogen-bond donors (Lipinski definition) is 1. The van der Waals surface area contributed by atoms with Crippen molar-refractivity contribution in [3.05, 3.63) is 101 Å². The zero-order valence-electron chi connectivity index (χ0n) is 16.1. The lowest BCUT2D eigenvalue weighted by Gasteiger charge is -2.20. The van der Waals surface area contributed by atoms with Gasteiger partial charge in [-0.3, -0.25) is 4.79 Å². The first-order chi connectivity index (χ1) is 13.5. The monoisotopic (exact) mass is 366 g/mol. The van der Waals surface area contributed by atoms with Gasteiger partial charge in [-0.25, -0.2) is 0 Å². The largest absolute Gasteiger partial charge is 0.326 e. The molecule has 0 heterocycles. The second-order valence-corrected chi connectivity index (χ2v) is 7.65. The normalized spacial score (nSPS) is 16.8. The summed E-state index contributed by atoms with van der Waals surface area (Å²) in [6.07, 6.45) is 0.794. The summed E-state index contributed by atoms with van der Waals surface area (Å²) in [7, 11) is 0. The van der Waals surface area contributed by atoms with Gasteiger partial charge in [-0.15, -0.1) is 0 Å². The van der Waals surface area contributed by atoms with Crippen LogP contribution in [0.15, 0.2) is 72.8 Å². The molecule has 28 heavy (non-hydrogen) atoms. The molecule has 0 unspecified atom stereocenters. The molecule has 0 bridgehead atoms. The van der Waals surface area contributed by atoms with E-state index >= 15 is 0 Å². The van der Waals surface area contributed by atoms with Gasteiger partial charge in [-0.1, -0.05) is 59.7 Å². The van der Waals surface area contributed by atoms with Crippen LogP contribution in [0.3, 0.4) is 0 Å². The Kier molecular flexibility index (Phi) is 4.49. The maximum absolute atomic E-state index is 13.1. The van der Waals surface area contributed by atoms with Gasteiger partial charge in [0, 0.05) is 11.1 Å². The number of nitrogens with zero attached hydrogens (tertiary/aromatic N) is 1. The molecule has 1 saturated carbocycles. The average molecular weight is 366 g/mol. The minimum atomic E-state index is -0.283. The minimum Gasteiger partial charge on any atom is -0.326 e. The topological polar surface area (TPSA) is 52.9 Å². The van der Waals surface area contributed by atoms with Gasteiger partial charge in [-0.05, 0) is 55.7 Å². The van der Waals surface area contributed by atoms with Crippen molar-refractivity contribution in [2.45, 2.75) is 25.7 Å². The third-order valence-electron chi connectivity index (χ3n) is 5.63. The van der Waals surface area contributed by atoms with Crippen molar-refractivity contribution in [1.29, 1.82) is 5.26 Å². The molecule has 1 aliphatic rings. The fraction of sp³-hybridized carbons (Fsp3) is 0.200. The molecule has 1 amide bonds. The summed E-state index contributed by atoms with van der Waals surface area (Å²) in [5, 5.41) is 12.0. The van der Waals surface area contributed by atoms with Crippen molar-refractivity contribution in [3.63, 3.8) is 0 Å². The third kappa shape index (κ3) is 3.18. The standard InChI is InChI=1S/C25H22N2O/c1-17-5-3-7-20(13-17)25(21-8-4-6-18(2)14-21)15-23(25)24(28)27-22-11-9-19(16-26)10-12-22/h3-14,23H,15H2,1-2H3,(H,27,28)/t23-/m1/s1. The summed E-state index contributed by atoms with van der Waals surface area (Å²) < 4.78 is 0. The highest BCUT2D eigenvalue weighted by molar-refractivity contribution is 5.97. The number of carbonyl (C=O) groups is 1. The van der Waals surface area contributed by atoms with E-state index in [9.17, 15) is 4.79 Å². The summed E-state index contributed by atoms with van der Waals surface area (Å²) in [5.74, 6) is -0.0977. The van der Waals surface area contributed by atoms with Gasteiger partial charge >= 0.3 is 0 Å². The van der Waals surface area contributed by atoms with Gasteiger partial charge in [0.05, 0.1) is 17.6 Å². The molecule has 4 rings (SSSR count). The molecular formula is C25H22N2O. The van der Waals surface area contributed by atoms with Gasteiger partial charge in [0.25, 0.3) is 0 Å². The van der Waals surface area contributed by atoms with Crippen molar-refractivity contribution < 1.29 is 4.79 Å². The Morgan fingerprint density at radius 1 is 0.964 bits per heavy atom. The molecule has 3 heteroatoms. The zero-order valence-corrected chi connectivity index (χ0v) is 16.1. The number of benzene rings is 3. The van der Waals surface area contributed by atoms with Gasteiger partial charge in [0.2, 0.25) is 5.91 Å². The number of aryl methyl sites for hydroxylation is 2. The third-order valence-corrected chi connectivity index (χ3v) is 5.63. The molecular weight excluding hydrogens is 344 g/mol. The predicted octanol–water partition coefficient (Wildman–Crippen LogP) is 5.12. The molecule has 1 atom stereocenters. The van der Waals surface area contributed by atoms with Crippen LogP contribution in [0.4, 0.5) is 5.69 Å². The lowest BCUT2D eigenvalue weighted by atomic mass is 9.84. The van der Waals surface area contributed by atoms with Crippen LogP contribution in [-0.2, 0) is 10.2 Å². The second-order valence-electron chi connectivity index (χ2n) is 7.65. The molecule has 0 radical (unpaired) electrons. The highest BCUT2D eigenvalue weighted by Crippen LogP contribution is 2.59. The summed E-state index contributed by atoms with van der Waals surface area (Å²) in [6.45, 7) is 4.17. The van der Waals surface area contributed by atoms with E-state index in [4.69, 9.17) is 5.26 Å². The zero-order chi connectivity index (χ0) is 19.7. The maximum Gasteiger partial charge on any atom is 0.228 e. The summed E-state index contributed by atoms with van der Waals surface area (Å²) in [6, 6.07) is 26.0. The fourth-order valence-corrected chi connectivity index (χ4v) is 4.09. The molecule has 3 aromatic carbocycles. The van der Waals surface area contributed by atoms with Crippen LogP contribution in [-0.4, -0.2) is 5.91 Å².